The van der Waals surface area contributed by atoms with E-state index in [1.54, 1.807) is 0 Å². The molecular formula is C19H21ClN4. The van der Waals surface area contributed by atoms with E-state index in [9.17, 15) is 0 Å². The summed E-state index contributed by atoms with van der Waals surface area (Å²) in [6.07, 6.45) is 2.19. The molecule has 5 heteroatoms. The van der Waals surface area contributed by atoms with E-state index in [1.807, 2.05) is 24.3 Å². The molecule has 2 N–H and O–H groups in total. The van der Waals surface area contributed by atoms with Gasteiger partial charge in [0.25, 0.3) is 0 Å². The predicted octanol–water partition coefficient (Wildman–Crippen LogP) is 3.67. The van der Waals surface area contributed by atoms with Crippen LogP contribution in [-0.2, 0) is 6.54 Å². The Hall–Kier alpha value is -2.04. The number of benzene rings is 2. The first-order chi connectivity index (χ1) is 11.7. The first-order valence-electron chi connectivity index (χ1n) is 8.41. The highest BCUT2D eigenvalue weighted by atomic mass is 35.5. The van der Waals surface area contributed by atoms with Crippen molar-refractivity contribution in [3.63, 3.8) is 0 Å². The van der Waals surface area contributed by atoms with Gasteiger partial charge in [0, 0.05) is 24.2 Å². The molecule has 24 heavy (non-hydrogen) atoms. The monoisotopic (exact) mass is 340 g/mol. The molecule has 2 aromatic carbocycles. The molecule has 0 amide bonds. The Balaban J connectivity index is 1.80. The number of halogens is 1. The number of rotatable bonds is 3. The van der Waals surface area contributed by atoms with Crippen LogP contribution in [0.2, 0.25) is 5.02 Å². The summed E-state index contributed by atoms with van der Waals surface area (Å²) in [7, 11) is 0. The molecule has 1 aliphatic heterocycles. The molecule has 0 bridgehead atoms. The minimum Gasteiger partial charge on any atom is -0.341 e. The van der Waals surface area contributed by atoms with Gasteiger partial charge < -0.3 is 15.2 Å². The maximum atomic E-state index is 6.39. The van der Waals surface area contributed by atoms with Gasteiger partial charge in [-0.1, -0.05) is 41.9 Å². The van der Waals surface area contributed by atoms with Crippen LogP contribution in [-0.4, -0.2) is 28.7 Å². The largest absolute Gasteiger partial charge is 0.341 e. The summed E-state index contributed by atoms with van der Waals surface area (Å²) in [5.41, 5.74) is 9.43. The second-order valence-electron chi connectivity index (χ2n) is 6.43. The van der Waals surface area contributed by atoms with Crippen molar-refractivity contribution in [3.8, 4) is 0 Å². The lowest BCUT2D eigenvalue weighted by molar-refractivity contribution is 0.495. The molecule has 1 fully saturated rings. The zero-order valence-electron chi connectivity index (χ0n) is 13.5. The van der Waals surface area contributed by atoms with Crippen molar-refractivity contribution in [1.29, 1.82) is 0 Å². The molecule has 1 saturated heterocycles. The maximum absolute atomic E-state index is 6.39. The number of aromatic nitrogens is 2. The van der Waals surface area contributed by atoms with Crippen LogP contribution in [0.5, 0.6) is 0 Å². The van der Waals surface area contributed by atoms with Crippen LogP contribution in [0.15, 0.2) is 48.5 Å². The van der Waals surface area contributed by atoms with Crippen molar-refractivity contribution in [2.24, 2.45) is 5.73 Å². The molecule has 3 aromatic rings. The third kappa shape index (κ3) is 2.87. The second kappa shape index (κ2) is 6.46. The van der Waals surface area contributed by atoms with Crippen LogP contribution in [0.25, 0.3) is 11.0 Å². The molecule has 1 unspecified atom stereocenters. The third-order valence-electron chi connectivity index (χ3n) is 4.66. The lowest BCUT2D eigenvalue weighted by Gasteiger charge is -2.32. The molecule has 0 spiro atoms. The summed E-state index contributed by atoms with van der Waals surface area (Å²) >= 11 is 6.39. The van der Waals surface area contributed by atoms with Crippen LogP contribution in [0.3, 0.4) is 0 Å². The highest BCUT2D eigenvalue weighted by Gasteiger charge is 2.22. The Morgan fingerprint density at radius 3 is 2.75 bits per heavy atom. The summed E-state index contributed by atoms with van der Waals surface area (Å²) < 4.78 is 2.26. The highest BCUT2D eigenvalue weighted by molar-refractivity contribution is 6.31. The Morgan fingerprint density at radius 1 is 1.12 bits per heavy atom. The van der Waals surface area contributed by atoms with E-state index < -0.39 is 0 Å². The number of hydrogen-bond donors (Lipinski definition) is 1. The summed E-state index contributed by atoms with van der Waals surface area (Å²) in [6, 6.07) is 16.5. The highest BCUT2D eigenvalue weighted by Crippen LogP contribution is 2.27. The van der Waals surface area contributed by atoms with Gasteiger partial charge in [-0.2, -0.15) is 0 Å². The Bertz CT molecular complexity index is 857. The van der Waals surface area contributed by atoms with Crippen LogP contribution < -0.4 is 10.6 Å². The smallest absolute Gasteiger partial charge is 0.206 e. The molecule has 4 nitrogen and oxygen atoms in total. The number of piperidine rings is 1. The zero-order valence-corrected chi connectivity index (χ0v) is 14.3. The maximum Gasteiger partial charge on any atom is 0.206 e. The lowest BCUT2D eigenvalue weighted by atomic mass is 10.1. The Labute approximate surface area is 146 Å². The van der Waals surface area contributed by atoms with Crippen LogP contribution >= 0.6 is 11.6 Å². The second-order valence-corrected chi connectivity index (χ2v) is 6.83. The minimum atomic E-state index is 0.215. The van der Waals surface area contributed by atoms with Crippen LogP contribution in [0.1, 0.15) is 18.4 Å². The summed E-state index contributed by atoms with van der Waals surface area (Å²) in [6.45, 7) is 2.56. The van der Waals surface area contributed by atoms with Crippen molar-refractivity contribution in [2.45, 2.75) is 25.4 Å². The zero-order chi connectivity index (χ0) is 16.5. The van der Waals surface area contributed by atoms with Crippen LogP contribution in [0.4, 0.5) is 5.95 Å². The molecule has 1 aromatic heterocycles. The SMILES string of the molecule is NC1CCCN(c2nc3ccccc3n2Cc2ccccc2Cl)C1. The van der Waals surface area contributed by atoms with E-state index in [1.165, 1.54) is 0 Å². The van der Waals surface area contributed by atoms with E-state index in [0.29, 0.717) is 6.54 Å². The van der Waals surface area contributed by atoms with E-state index >= 15 is 0 Å². The topological polar surface area (TPSA) is 47.1 Å². The Kier molecular flexibility index (Phi) is 4.17. The van der Waals surface area contributed by atoms with Crippen molar-refractivity contribution in [2.75, 3.05) is 18.0 Å². The van der Waals surface area contributed by atoms with Gasteiger partial charge in [0.1, 0.15) is 0 Å². The van der Waals surface area contributed by atoms with E-state index in [0.717, 1.165) is 53.5 Å². The normalized spacial score (nSPS) is 18.2. The number of para-hydroxylation sites is 2. The molecule has 1 aliphatic rings. The first-order valence-corrected chi connectivity index (χ1v) is 8.79. The number of fused-ring (bicyclic) bond motifs is 1. The van der Waals surface area contributed by atoms with E-state index in [4.69, 9.17) is 22.3 Å². The third-order valence-corrected chi connectivity index (χ3v) is 5.03. The fourth-order valence-corrected chi connectivity index (χ4v) is 3.64. The number of imidazole rings is 1. The van der Waals surface area contributed by atoms with Gasteiger partial charge in [0.2, 0.25) is 5.95 Å². The van der Waals surface area contributed by atoms with Crippen LogP contribution in [0, 0.1) is 0 Å². The molecule has 1 atom stereocenters. The number of nitrogens with two attached hydrogens (primary N) is 1. The molecule has 0 radical (unpaired) electrons. The summed E-state index contributed by atoms with van der Waals surface area (Å²) in [4.78, 5) is 7.20. The first kappa shape index (κ1) is 15.5. The fourth-order valence-electron chi connectivity index (χ4n) is 3.45. The summed E-state index contributed by atoms with van der Waals surface area (Å²) in [5, 5.41) is 0.788. The minimum absolute atomic E-state index is 0.215. The average Bonchev–Trinajstić information content (AvgIpc) is 2.96. The molecule has 0 saturated carbocycles. The van der Waals surface area contributed by atoms with Gasteiger partial charge in [0.15, 0.2) is 0 Å². The van der Waals surface area contributed by atoms with Gasteiger partial charge in [0.05, 0.1) is 17.6 Å². The van der Waals surface area contributed by atoms with Crippen molar-refractivity contribution in [1.82, 2.24) is 9.55 Å². The van der Waals surface area contributed by atoms with Crippen molar-refractivity contribution >= 4 is 28.6 Å². The Morgan fingerprint density at radius 2 is 1.92 bits per heavy atom. The quantitative estimate of drug-likeness (QED) is 0.791. The predicted molar refractivity (Wildman–Crippen MR) is 99.7 cm³/mol. The van der Waals surface area contributed by atoms with Gasteiger partial charge in [-0.05, 0) is 36.6 Å². The molecule has 4 rings (SSSR count). The summed E-state index contributed by atoms with van der Waals surface area (Å²) in [5.74, 6) is 0.992. The van der Waals surface area contributed by atoms with Gasteiger partial charge >= 0.3 is 0 Å². The fraction of sp³-hybridized carbons (Fsp3) is 0.316. The molecular weight excluding hydrogens is 320 g/mol. The molecule has 2 heterocycles. The number of nitrogens with zero attached hydrogens (tertiary/aromatic N) is 3. The number of anilines is 1. The van der Waals surface area contributed by atoms with Crippen molar-refractivity contribution in [3.05, 3.63) is 59.1 Å². The van der Waals surface area contributed by atoms with Gasteiger partial charge in [-0.15, -0.1) is 0 Å². The molecule has 124 valence electrons. The standard InChI is InChI=1S/C19H21ClN4/c20-16-8-2-1-6-14(16)12-24-18-10-4-3-9-17(18)22-19(24)23-11-5-7-15(21)13-23/h1-4,6,8-10,15H,5,7,11-13,21H2. The van der Waals surface area contributed by atoms with Gasteiger partial charge in [-0.25, -0.2) is 4.98 Å². The average molecular weight is 341 g/mol. The van der Waals surface area contributed by atoms with Gasteiger partial charge in [-0.3, -0.25) is 0 Å². The van der Waals surface area contributed by atoms with E-state index in [2.05, 4.69) is 33.7 Å². The molecule has 0 aliphatic carbocycles. The van der Waals surface area contributed by atoms with Crippen molar-refractivity contribution < 1.29 is 0 Å². The lowest BCUT2D eigenvalue weighted by Crippen LogP contribution is -2.44. The number of hydrogen-bond acceptors (Lipinski definition) is 3. The van der Waals surface area contributed by atoms with E-state index in [-0.39, 0.29) is 6.04 Å².